The molecular formula is C18H19N3O3. The number of hydrogen-bond acceptors (Lipinski definition) is 4. The summed E-state index contributed by atoms with van der Waals surface area (Å²) in [7, 11) is 1.49. The Labute approximate surface area is 140 Å². The number of hydrogen-bond donors (Lipinski definition) is 3. The number of nitrogens with two attached hydrogens (primary N) is 1. The molecular weight excluding hydrogens is 306 g/mol. The summed E-state index contributed by atoms with van der Waals surface area (Å²) in [5, 5.41) is 5.36. The van der Waals surface area contributed by atoms with Gasteiger partial charge in [0.1, 0.15) is 5.75 Å². The second-order valence-corrected chi connectivity index (χ2v) is 4.90. The van der Waals surface area contributed by atoms with Crippen LogP contribution in [-0.4, -0.2) is 25.5 Å². The summed E-state index contributed by atoms with van der Waals surface area (Å²) in [6.45, 7) is -0.139. The Hall–Kier alpha value is -3.12. The van der Waals surface area contributed by atoms with Crippen LogP contribution in [0.1, 0.15) is 5.56 Å². The predicted molar refractivity (Wildman–Crippen MR) is 94.8 cm³/mol. The van der Waals surface area contributed by atoms with Crippen LogP contribution in [0.5, 0.6) is 5.75 Å². The fourth-order valence-corrected chi connectivity index (χ4v) is 2.00. The molecule has 6 nitrogen and oxygen atoms in total. The first-order valence-corrected chi connectivity index (χ1v) is 7.34. The van der Waals surface area contributed by atoms with Crippen LogP contribution in [0, 0.1) is 0 Å². The van der Waals surface area contributed by atoms with Gasteiger partial charge in [0.25, 0.3) is 0 Å². The quantitative estimate of drug-likeness (QED) is 0.710. The maximum absolute atomic E-state index is 12.0. The summed E-state index contributed by atoms with van der Waals surface area (Å²) in [6.07, 6.45) is 3.16. The van der Waals surface area contributed by atoms with Crippen molar-refractivity contribution in [2.24, 2.45) is 5.73 Å². The predicted octanol–water partition coefficient (Wildman–Crippen LogP) is 2.24. The molecule has 24 heavy (non-hydrogen) atoms. The van der Waals surface area contributed by atoms with Crippen molar-refractivity contribution in [1.82, 2.24) is 0 Å². The highest BCUT2D eigenvalue weighted by molar-refractivity contribution is 6.02. The third-order valence-electron chi connectivity index (χ3n) is 3.15. The van der Waals surface area contributed by atoms with Crippen LogP contribution in [0.25, 0.3) is 6.08 Å². The molecule has 0 radical (unpaired) electrons. The molecule has 0 aliphatic heterocycles. The van der Waals surface area contributed by atoms with E-state index in [1.807, 2.05) is 30.3 Å². The highest BCUT2D eigenvalue weighted by atomic mass is 16.5. The van der Waals surface area contributed by atoms with E-state index in [0.717, 1.165) is 5.56 Å². The molecule has 6 heteroatoms. The van der Waals surface area contributed by atoms with Crippen molar-refractivity contribution >= 4 is 29.3 Å². The number of methoxy groups -OCH3 is 1. The van der Waals surface area contributed by atoms with Crippen molar-refractivity contribution in [3.05, 3.63) is 60.2 Å². The summed E-state index contributed by atoms with van der Waals surface area (Å²) >= 11 is 0. The van der Waals surface area contributed by atoms with E-state index in [-0.39, 0.29) is 18.4 Å². The van der Waals surface area contributed by atoms with Gasteiger partial charge in [-0.2, -0.15) is 0 Å². The lowest BCUT2D eigenvalue weighted by molar-refractivity contribution is -0.115. The molecule has 124 valence electrons. The van der Waals surface area contributed by atoms with Crippen LogP contribution in [0.4, 0.5) is 11.4 Å². The van der Waals surface area contributed by atoms with Crippen molar-refractivity contribution in [2.45, 2.75) is 0 Å². The van der Waals surface area contributed by atoms with Crippen LogP contribution < -0.4 is 21.1 Å². The van der Waals surface area contributed by atoms with Crippen molar-refractivity contribution in [1.29, 1.82) is 0 Å². The second kappa shape index (κ2) is 8.50. The molecule has 2 rings (SSSR count). The van der Waals surface area contributed by atoms with Crippen molar-refractivity contribution in [3.8, 4) is 5.75 Å². The number of carbonyl (C=O) groups excluding carboxylic acids is 2. The Kier molecular flexibility index (Phi) is 6.10. The SMILES string of the molecule is COc1ccc(NC(=O)/C=C/c2ccccc2)cc1NC(=O)CN. The number of anilines is 2. The number of ether oxygens (including phenoxy) is 1. The van der Waals surface area contributed by atoms with E-state index in [2.05, 4.69) is 10.6 Å². The van der Waals surface area contributed by atoms with Gasteiger partial charge in [-0.25, -0.2) is 0 Å². The molecule has 0 saturated carbocycles. The van der Waals surface area contributed by atoms with Crippen molar-refractivity contribution in [2.75, 3.05) is 24.3 Å². The highest BCUT2D eigenvalue weighted by Crippen LogP contribution is 2.27. The Bertz CT molecular complexity index is 742. The summed E-state index contributed by atoms with van der Waals surface area (Å²) in [6, 6.07) is 14.5. The highest BCUT2D eigenvalue weighted by Gasteiger charge is 2.08. The molecule has 0 spiro atoms. The lowest BCUT2D eigenvalue weighted by Gasteiger charge is -2.11. The van der Waals surface area contributed by atoms with Gasteiger partial charge in [-0.1, -0.05) is 30.3 Å². The monoisotopic (exact) mass is 325 g/mol. The van der Waals surface area contributed by atoms with Gasteiger partial charge >= 0.3 is 0 Å². The van der Waals surface area contributed by atoms with Crippen LogP contribution in [0.2, 0.25) is 0 Å². The molecule has 2 aromatic rings. The first-order chi connectivity index (χ1) is 11.6. The van der Waals surface area contributed by atoms with Gasteiger partial charge in [0.05, 0.1) is 19.3 Å². The molecule has 2 aromatic carbocycles. The van der Waals surface area contributed by atoms with Crippen LogP contribution in [0.3, 0.4) is 0 Å². The van der Waals surface area contributed by atoms with Gasteiger partial charge in [-0.3, -0.25) is 9.59 Å². The number of benzene rings is 2. The van der Waals surface area contributed by atoms with Gasteiger partial charge < -0.3 is 21.1 Å². The molecule has 4 N–H and O–H groups in total. The summed E-state index contributed by atoms with van der Waals surface area (Å²) in [5.74, 6) is -0.143. The second-order valence-electron chi connectivity index (χ2n) is 4.90. The Balaban J connectivity index is 2.08. The van der Waals surface area contributed by atoms with Crippen LogP contribution >= 0.6 is 0 Å². The fourth-order valence-electron chi connectivity index (χ4n) is 2.00. The van der Waals surface area contributed by atoms with E-state index < -0.39 is 0 Å². The number of rotatable bonds is 6. The van der Waals surface area contributed by atoms with Gasteiger partial charge in [-0.15, -0.1) is 0 Å². The molecule has 0 unspecified atom stereocenters. The van der Waals surface area contributed by atoms with Crippen LogP contribution in [-0.2, 0) is 9.59 Å². The molecule has 0 aromatic heterocycles. The van der Waals surface area contributed by atoms with Gasteiger partial charge in [-0.05, 0) is 29.8 Å². The molecule has 2 amide bonds. The standard InChI is InChI=1S/C18H19N3O3/c1-24-16-9-8-14(11-15(16)21-18(23)12-19)20-17(22)10-7-13-5-3-2-4-6-13/h2-11H,12,19H2,1H3,(H,20,22)(H,21,23)/b10-7+. The number of carbonyl (C=O) groups is 2. The van der Waals surface area contributed by atoms with E-state index in [1.54, 1.807) is 24.3 Å². The average Bonchev–Trinajstić information content (AvgIpc) is 2.61. The zero-order valence-electron chi connectivity index (χ0n) is 13.3. The summed E-state index contributed by atoms with van der Waals surface area (Å²) < 4.78 is 5.17. The lowest BCUT2D eigenvalue weighted by Crippen LogP contribution is -2.22. The minimum atomic E-state index is -0.347. The third kappa shape index (κ3) is 4.96. The maximum Gasteiger partial charge on any atom is 0.248 e. The Morgan fingerprint density at radius 3 is 2.54 bits per heavy atom. The number of amides is 2. The summed E-state index contributed by atoms with van der Waals surface area (Å²) in [5.41, 5.74) is 7.20. The summed E-state index contributed by atoms with van der Waals surface area (Å²) in [4.78, 5) is 23.4. The fraction of sp³-hybridized carbons (Fsp3) is 0.111. The van der Waals surface area contributed by atoms with Gasteiger partial charge in [0, 0.05) is 11.8 Å². The van der Waals surface area contributed by atoms with E-state index >= 15 is 0 Å². The minimum absolute atomic E-state index is 0.139. The molecule has 0 saturated heterocycles. The zero-order chi connectivity index (χ0) is 17.4. The zero-order valence-corrected chi connectivity index (χ0v) is 13.3. The van der Waals surface area contributed by atoms with E-state index in [0.29, 0.717) is 17.1 Å². The molecule has 0 aliphatic carbocycles. The smallest absolute Gasteiger partial charge is 0.248 e. The van der Waals surface area contributed by atoms with Crippen molar-refractivity contribution in [3.63, 3.8) is 0 Å². The molecule has 0 heterocycles. The molecule has 0 aliphatic rings. The van der Waals surface area contributed by atoms with E-state index in [9.17, 15) is 9.59 Å². The maximum atomic E-state index is 12.0. The Morgan fingerprint density at radius 1 is 1.12 bits per heavy atom. The van der Waals surface area contributed by atoms with Gasteiger partial charge in [0.2, 0.25) is 11.8 Å². The minimum Gasteiger partial charge on any atom is -0.495 e. The average molecular weight is 325 g/mol. The largest absolute Gasteiger partial charge is 0.495 e. The molecule has 0 bridgehead atoms. The van der Waals surface area contributed by atoms with E-state index in [1.165, 1.54) is 13.2 Å². The van der Waals surface area contributed by atoms with Gasteiger partial charge in [0.15, 0.2) is 0 Å². The topological polar surface area (TPSA) is 93.5 Å². The Morgan fingerprint density at radius 2 is 1.88 bits per heavy atom. The van der Waals surface area contributed by atoms with E-state index in [4.69, 9.17) is 10.5 Å². The third-order valence-corrected chi connectivity index (χ3v) is 3.15. The first kappa shape index (κ1) is 17.2. The lowest BCUT2D eigenvalue weighted by atomic mass is 10.2. The van der Waals surface area contributed by atoms with Crippen LogP contribution in [0.15, 0.2) is 54.6 Å². The number of nitrogens with one attached hydrogen (secondary N) is 2. The van der Waals surface area contributed by atoms with Crippen molar-refractivity contribution < 1.29 is 14.3 Å². The normalized spacial score (nSPS) is 10.4. The first-order valence-electron chi connectivity index (χ1n) is 7.34. The molecule has 0 atom stereocenters. The molecule has 0 fully saturated rings.